The number of carbonyl (C=O) groups excluding carboxylic acids is 1. The molecular formula is C21H19ClFN3O2. The number of anilines is 2. The normalized spacial score (nSPS) is 10.4. The molecule has 0 radical (unpaired) electrons. The molecule has 2 N–H and O–H groups in total. The lowest BCUT2D eigenvalue weighted by atomic mass is 10.2. The van der Waals surface area contributed by atoms with Gasteiger partial charge in [0, 0.05) is 35.1 Å². The third-order valence-corrected chi connectivity index (χ3v) is 4.57. The quantitative estimate of drug-likeness (QED) is 0.608. The van der Waals surface area contributed by atoms with E-state index in [1.165, 1.54) is 19.4 Å². The minimum atomic E-state index is -0.394. The van der Waals surface area contributed by atoms with Gasteiger partial charge in [-0.1, -0.05) is 29.8 Å². The molecule has 0 aliphatic heterocycles. The van der Waals surface area contributed by atoms with Crippen molar-refractivity contribution in [2.45, 2.75) is 13.5 Å². The number of rotatable bonds is 6. The number of nitrogens with zero attached hydrogens (tertiary/aromatic N) is 1. The lowest BCUT2D eigenvalue weighted by Gasteiger charge is -2.13. The Balaban J connectivity index is 1.74. The summed E-state index contributed by atoms with van der Waals surface area (Å²) in [4.78, 5) is 16.7. The summed E-state index contributed by atoms with van der Waals surface area (Å²) in [6.45, 7) is 2.13. The maximum Gasteiger partial charge on any atom is 0.274 e. The number of aryl methyl sites for hydroxylation is 1. The maximum absolute atomic E-state index is 13.7. The van der Waals surface area contributed by atoms with Gasteiger partial charge >= 0.3 is 0 Å². The number of amides is 1. The van der Waals surface area contributed by atoms with Gasteiger partial charge in [0.05, 0.1) is 12.8 Å². The second kappa shape index (κ2) is 8.71. The van der Waals surface area contributed by atoms with Crippen molar-refractivity contribution in [1.29, 1.82) is 0 Å². The highest BCUT2D eigenvalue weighted by Gasteiger charge is 2.13. The summed E-state index contributed by atoms with van der Waals surface area (Å²) < 4.78 is 19.0. The third-order valence-electron chi connectivity index (χ3n) is 4.16. The Kier molecular flexibility index (Phi) is 6.11. The van der Waals surface area contributed by atoms with Gasteiger partial charge in [0.15, 0.2) is 0 Å². The van der Waals surface area contributed by atoms with Gasteiger partial charge in [-0.2, -0.15) is 0 Å². The third kappa shape index (κ3) is 4.58. The van der Waals surface area contributed by atoms with Crippen molar-refractivity contribution >= 4 is 28.9 Å². The highest BCUT2D eigenvalue weighted by atomic mass is 35.5. The largest absolute Gasteiger partial charge is 0.495 e. The van der Waals surface area contributed by atoms with E-state index >= 15 is 0 Å². The molecule has 2 aromatic carbocycles. The molecule has 5 nitrogen and oxygen atoms in total. The first kappa shape index (κ1) is 19.6. The predicted molar refractivity (Wildman–Crippen MR) is 109 cm³/mol. The number of pyridine rings is 1. The predicted octanol–water partition coefficient (Wildman–Crippen LogP) is 5.06. The number of nitrogens with one attached hydrogen (secondary N) is 2. The number of halogens is 2. The van der Waals surface area contributed by atoms with Gasteiger partial charge < -0.3 is 15.4 Å². The van der Waals surface area contributed by atoms with Crippen LogP contribution in [0.5, 0.6) is 5.75 Å². The Labute approximate surface area is 167 Å². The molecule has 0 unspecified atom stereocenters. The summed E-state index contributed by atoms with van der Waals surface area (Å²) in [5, 5.41) is 6.43. The number of ether oxygens (including phenoxy) is 1. The molecule has 0 spiro atoms. The second-order valence-electron chi connectivity index (χ2n) is 6.13. The average molecular weight is 400 g/mol. The van der Waals surface area contributed by atoms with Crippen molar-refractivity contribution < 1.29 is 13.9 Å². The van der Waals surface area contributed by atoms with Gasteiger partial charge in [0.25, 0.3) is 5.91 Å². The van der Waals surface area contributed by atoms with Crippen molar-refractivity contribution in [3.63, 3.8) is 0 Å². The SMILES string of the molecule is COc1cc(Cl)c(C)cc1NC(=O)c1cc(NCc2ccccc2F)ccn1. The summed E-state index contributed by atoms with van der Waals surface area (Å²) in [7, 11) is 1.50. The van der Waals surface area contributed by atoms with Crippen molar-refractivity contribution in [3.8, 4) is 5.75 Å². The van der Waals surface area contributed by atoms with Gasteiger partial charge in [-0.3, -0.25) is 9.78 Å². The molecule has 7 heteroatoms. The highest BCUT2D eigenvalue weighted by Crippen LogP contribution is 2.31. The summed E-state index contributed by atoms with van der Waals surface area (Å²) in [6, 6.07) is 13.2. The summed E-state index contributed by atoms with van der Waals surface area (Å²) in [5.74, 6) is -0.223. The molecule has 0 aliphatic carbocycles. The molecule has 1 amide bonds. The van der Waals surface area contributed by atoms with E-state index in [-0.39, 0.29) is 11.5 Å². The van der Waals surface area contributed by atoms with Crippen LogP contribution in [0.15, 0.2) is 54.7 Å². The molecule has 3 rings (SSSR count). The molecule has 144 valence electrons. The van der Waals surface area contributed by atoms with E-state index in [0.29, 0.717) is 34.3 Å². The monoisotopic (exact) mass is 399 g/mol. The molecule has 0 saturated carbocycles. The fourth-order valence-electron chi connectivity index (χ4n) is 2.62. The molecule has 1 aromatic heterocycles. The number of methoxy groups -OCH3 is 1. The topological polar surface area (TPSA) is 63.2 Å². The first-order chi connectivity index (χ1) is 13.5. The van der Waals surface area contributed by atoms with E-state index in [9.17, 15) is 9.18 Å². The molecule has 0 aliphatic rings. The molecule has 1 heterocycles. The lowest BCUT2D eigenvalue weighted by molar-refractivity contribution is 0.102. The van der Waals surface area contributed by atoms with Crippen LogP contribution in [0.25, 0.3) is 0 Å². The van der Waals surface area contributed by atoms with Crippen LogP contribution in [0.1, 0.15) is 21.6 Å². The zero-order chi connectivity index (χ0) is 20.1. The van der Waals surface area contributed by atoms with Gasteiger partial charge in [-0.25, -0.2) is 4.39 Å². The number of aromatic nitrogens is 1. The Hall–Kier alpha value is -3.12. The van der Waals surface area contributed by atoms with Crippen molar-refractivity contribution in [2.24, 2.45) is 0 Å². The van der Waals surface area contributed by atoms with Crippen LogP contribution in [-0.4, -0.2) is 18.0 Å². The molecule has 0 bridgehead atoms. The minimum Gasteiger partial charge on any atom is -0.495 e. The lowest BCUT2D eigenvalue weighted by Crippen LogP contribution is -2.15. The zero-order valence-electron chi connectivity index (χ0n) is 15.4. The number of hydrogen-bond acceptors (Lipinski definition) is 4. The van der Waals surface area contributed by atoms with Crippen molar-refractivity contribution in [3.05, 3.63) is 82.4 Å². The van der Waals surface area contributed by atoms with Crippen LogP contribution in [-0.2, 0) is 6.54 Å². The smallest absolute Gasteiger partial charge is 0.274 e. The summed E-state index contributed by atoms with van der Waals surface area (Å²) in [5.41, 5.74) is 2.72. The molecule has 28 heavy (non-hydrogen) atoms. The van der Waals surface area contributed by atoms with E-state index in [1.807, 2.05) is 6.92 Å². The van der Waals surface area contributed by atoms with Gasteiger partial charge in [-0.05, 0) is 36.8 Å². The standard InChI is InChI=1S/C21H19ClFN3O2/c1-13-9-18(20(28-2)11-16(13)22)26-21(27)19-10-15(7-8-24-19)25-12-14-5-3-4-6-17(14)23/h3-11H,12H2,1-2H3,(H,24,25)(H,26,27). The molecule has 0 atom stereocenters. The molecule has 0 fully saturated rings. The van der Waals surface area contributed by atoms with Gasteiger partial charge in [0.2, 0.25) is 0 Å². The van der Waals surface area contributed by atoms with Crippen LogP contribution in [0.3, 0.4) is 0 Å². The number of benzene rings is 2. The first-order valence-electron chi connectivity index (χ1n) is 8.56. The van der Waals surface area contributed by atoms with E-state index in [4.69, 9.17) is 16.3 Å². The van der Waals surface area contributed by atoms with Crippen LogP contribution < -0.4 is 15.4 Å². The number of carbonyl (C=O) groups is 1. The van der Waals surface area contributed by atoms with Crippen molar-refractivity contribution in [1.82, 2.24) is 4.98 Å². The maximum atomic E-state index is 13.7. The molecule has 3 aromatic rings. The van der Waals surface area contributed by atoms with Crippen LogP contribution in [0, 0.1) is 12.7 Å². The van der Waals surface area contributed by atoms with Crippen LogP contribution in [0.2, 0.25) is 5.02 Å². The number of hydrogen-bond donors (Lipinski definition) is 2. The minimum absolute atomic E-state index is 0.216. The van der Waals surface area contributed by atoms with E-state index in [1.54, 1.807) is 42.5 Å². The zero-order valence-corrected chi connectivity index (χ0v) is 16.2. The fraction of sp³-hybridized carbons (Fsp3) is 0.143. The van der Waals surface area contributed by atoms with E-state index in [0.717, 1.165) is 5.56 Å². The Bertz CT molecular complexity index is 1010. The Morgan fingerprint density at radius 3 is 2.75 bits per heavy atom. The Morgan fingerprint density at radius 2 is 2.00 bits per heavy atom. The van der Waals surface area contributed by atoms with E-state index < -0.39 is 5.91 Å². The summed E-state index contributed by atoms with van der Waals surface area (Å²) in [6.07, 6.45) is 1.52. The highest BCUT2D eigenvalue weighted by molar-refractivity contribution is 6.31. The van der Waals surface area contributed by atoms with E-state index in [2.05, 4.69) is 15.6 Å². The second-order valence-corrected chi connectivity index (χ2v) is 6.54. The average Bonchev–Trinajstić information content (AvgIpc) is 2.70. The van der Waals surface area contributed by atoms with Crippen LogP contribution >= 0.6 is 11.6 Å². The van der Waals surface area contributed by atoms with Gasteiger partial charge in [-0.15, -0.1) is 0 Å². The Morgan fingerprint density at radius 1 is 1.21 bits per heavy atom. The molecular weight excluding hydrogens is 381 g/mol. The van der Waals surface area contributed by atoms with Crippen LogP contribution in [0.4, 0.5) is 15.8 Å². The molecule has 0 saturated heterocycles. The summed E-state index contributed by atoms with van der Waals surface area (Å²) >= 11 is 6.10. The van der Waals surface area contributed by atoms with Crippen molar-refractivity contribution in [2.75, 3.05) is 17.7 Å². The fourth-order valence-corrected chi connectivity index (χ4v) is 2.77. The van der Waals surface area contributed by atoms with Gasteiger partial charge in [0.1, 0.15) is 17.3 Å². The first-order valence-corrected chi connectivity index (χ1v) is 8.94.